The fraction of sp³-hybridized carbons (Fsp3) is 0.222. The van der Waals surface area contributed by atoms with E-state index in [-0.39, 0.29) is 38.5 Å². The first-order valence-electron chi connectivity index (χ1n) is 4.00. The molecule has 1 radical (unpaired) electrons. The van der Waals surface area contributed by atoms with Gasteiger partial charge in [-0.05, 0) is 42.9 Å². The largest absolute Gasteiger partial charge is 0.480 e. The summed E-state index contributed by atoms with van der Waals surface area (Å²) in [6.45, 7) is 4.02. The molecule has 0 aliphatic heterocycles. The maximum Gasteiger partial charge on any atom is 0.0930 e. The molecule has 1 aromatic heterocycles. The Labute approximate surface area is 107 Å². The van der Waals surface area contributed by atoms with Crippen LogP contribution in [0.15, 0.2) is 12.1 Å². The molecule has 2 aromatic rings. The first-order valence-corrected chi connectivity index (χ1v) is 4.00. The molecule has 0 atom stereocenters. The smallest absolute Gasteiger partial charge is 0.0930 e. The Morgan fingerprint density at radius 2 is 1.71 bits per heavy atom. The van der Waals surface area contributed by atoms with Gasteiger partial charge in [-0.3, -0.25) is 0 Å². The van der Waals surface area contributed by atoms with Gasteiger partial charge in [0, 0.05) is 38.1 Å². The summed E-state index contributed by atoms with van der Waals surface area (Å²) >= 11 is 0. The van der Waals surface area contributed by atoms with Gasteiger partial charge >= 0.3 is 0 Å². The summed E-state index contributed by atoms with van der Waals surface area (Å²) < 4.78 is 0. The van der Waals surface area contributed by atoms with Crippen molar-refractivity contribution in [1.82, 2.24) is 15.4 Å². The number of hydrogen-bond donors (Lipinski definition) is 0. The van der Waals surface area contributed by atoms with Gasteiger partial charge in [0.1, 0.15) is 0 Å². The minimum atomic E-state index is 0. The predicted molar refractivity (Wildman–Crippen MR) is 50.8 cm³/mol. The average molecular weight is 262 g/mol. The van der Waals surface area contributed by atoms with Crippen LogP contribution in [-0.4, -0.2) is 15.4 Å². The van der Waals surface area contributed by atoms with Crippen LogP contribution < -0.4 is 0 Å². The minimum Gasteiger partial charge on any atom is -0.480 e. The molecule has 0 saturated carbocycles. The molecular formula is C9H9N4Y-. The van der Waals surface area contributed by atoms with Crippen LogP contribution >= 0.6 is 0 Å². The number of hydrogen-bond acceptors (Lipinski definition) is 3. The molecule has 0 aliphatic carbocycles. The van der Waals surface area contributed by atoms with E-state index in [2.05, 4.69) is 15.4 Å². The van der Waals surface area contributed by atoms with E-state index in [0.29, 0.717) is 0 Å². The molecule has 69 valence electrons. The van der Waals surface area contributed by atoms with Crippen LogP contribution in [0, 0.1) is 13.8 Å². The Morgan fingerprint density at radius 1 is 1.07 bits per heavy atom. The third kappa shape index (κ3) is 1.91. The number of nitrogens with zero attached hydrogens (tertiary/aromatic N) is 3. The molecule has 0 spiro atoms. The summed E-state index contributed by atoms with van der Waals surface area (Å²) in [5.41, 5.74) is 10.6. The Morgan fingerprint density at radius 3 is 2.43 bits per heavy atom. The molecule has 0 saturated heterocycles. The number of nitrogens with one attached hydrogen (secondary N) is 1. The van der Waals surface area contributed by atoms with Gasteiger partial charge in [0.25, 0.3) is 0 Å². The molecule has 14 heavy (non-hydrogen) atoms. The summed E-state index contributed by atoms with van der Waals surface area (Å²) in [7, 11) is 0. The second-order valence-electron chi connectivity index (χ2n) is 3.09. The fourth-order valence-electron chi connectivity index (χ4n) is 1.24. The number of aromatic nitrogens is 3. The van der Waals surface area contributed by atoms with Crippen molar-refractivity contribution in [3.63, 3.8) is 0 Å². The van der Waals surface area contributed by atoms with Crippen LogP contribution in [0.4, 0.5) is 5.82 Å². The average Bonchev–Trinajstić information content (AvgIpc) is 2.09. The summed E-state index contributed by atoms with van der Waals surface area (Å²) in [4.78, 5) is 0. The summed E-state index contributed by atoms with van der Waals surface area (Å²) in [6, 6.07) is 3.85. The van der Waals surface area contributed by atoms with Gasteiger partial charge in [-0.15, -0.1) is 0 Å². The van der Waals surface area contributed by atoms with Crippen molar-refractivity contribution in [3.8, 4) is 0 Å². The fourth-order valence-corrected chi connectivity index (χ4v) is 1.24. The van der Waals surface area contributed by atoms with Crippen LogP contribution in [0.25, 0.3) is 16.6 Å². The van der Waals surface area contributed by atoms with Crippen molar-refractivity contribution in [3.05, 3.63) is 29.0 Å². The quantitative estimate of drug-likeness (QED) is 0.731. The van der Waals surface area contributed by atoms with E-state index in [1.165, 1.54) is 0 Å². The van der Waals surface area contributed by atoms with Crippen molar-refractivity contribution in [2.75, 3.05) is 0 Å². The van der Waals surface area contributed by atoms with Crippen LogP contribution in [0.5, 0.6) is 0 Å². The Bertz CT molecular complexity index is 470. The minimum absolute atomic E-state index is 0. The van der Waals surface area contributed by atoms with E-state index >= 15 is 0 Å². The SMILES string of the molecule is Cc1cc2nnnc([NH-])c2cc1C.[Y]. The molecule has 1 N–H and O–H groups in total. The van der Waals surface area contributed by atoms with E-state index in [1.807, 2.05) is 26.0 Å². The van der Waals surface area contributed by atoms with Crippen molar-refractivity contribution in [1.29, 1.82) is 0 Å². The Balaban J connectivity index is 0.000000980. The van der Waals surface area contributed by atoms with Gasteiger partial charge in [-0.1, -0.05) is 0 Å². The second-order valence-corrected chi connectivity index (χ2v) is 3.09. The van der Waals surface area contributed by atoms with Gasteiger partial charge in [0.15, 0.2) is 0 Å². The number of fused-ring (bicyclic) bond motifs is 1. The third-order valence-corrected chi connectivity index (χ3v) is 2.16. The number of benzene rings is 1. The molecule has 0 bridgehead atoms. The summed E-state index contributed by atoms with van der Waals surface area (Å²) in [6.07, 6.45) is 0. The van der Waals surface area contributed by atoms with E-state index in [9.17, 15) is 0 Å². The number of aryl methyl sites for hydroxylation is 2. The summed E-state index contributed by atoms with van der Waals surface area (Å²) in [5, 5.41) is 11.7. The van der Waals surface area contributed by atoms with Crippen LogP contribution in [0.1, 0.15) is 11.1 Å². The molecule has 1 heterocycles. The standard InChI is InChI=1S/C9H9N4.Y/c1-5-3-7-8(4-6(5)2)11-13-12-9(7)10;/h3-4H,1-2H3,(H-,10,11,12);/q-1;. The van der Waals surface area contributed by atoms with Crippen molar-refractivity contribution >= 4 is 16.7 Å². The first-order chi connectivity index (χ1) is 6.18. The molecule has 0 unspecified atom stereocenters. The van der Waals surface area contributed by atoms with E-state index < -0.39 is 0 Å². The third-order valence-electron chi connectivity index (χ3n) is 2.16. The maximum atomic E-state index is 7.52. The topological polar surface area (TPSA) is 62.5 Å². The zero-order valence-corrected chi connectivity index (χ0v) is 10.9. The van der Waals surface area contributed by atoms with Gasteiger partial charge in [0.2, 0.25) is 0 Å². The van der Waals surface area contributed by atoms with Crippen molar-refractivity contribution < 1.29 is 32.7 Å². The van der Waals surface area contributed by atoms with Gasteiger partial charge in [-0.2, -0.15) is 10.3 Å². The van der Waals surface area contributed by atoms with Gasteiger partial charge < -0.3 is 10.8 Å². The van der Waals surface area contributed by atoms with E-state index in [1.54, 1.807) is 0 Å². The van der Waals surface area contributed by atoms with Crippen LogP contribution in [0.2, 0.25) is 0 Å². The van der Waals surface area contributed by atoms with Crippen molar-refractivity contribution in [2.45, 2.75) is 13.8 Å². The molecule has 1 aromatic carbocycles. The van der Waals surface area contributed by atoms with E-state index in [4.69, 9.17) is 5.73 Å². The second kappa shape index (κ2) is 4.28. The molecule has 0 aliphatic rings. The Kier molecular flexibility index (Phi) is 3.50. The zero-order chi connectivity index (χ0) is 9.42. The number of rotatable bonds is 0. The molecular weight excluding hydrogens is 253 g/mol. The monoisotopic (exact) mass is 262 g/mol. The molecule has 4 nitrogen and oxygen atoms in total. The first kappa shape index (κ1) is 11.5. The normalized spacial score (nSPS) is 9.86. The molecule has 0 amide bonds. The van der Waals surface area contributed by atoms with Gasteiger partial charge in [-0.25, -0.2) is 0 Å². The predicted octanol–water partition coefficient (Wildman–Crippen LogP) is 2.32. The van der Waals surface area contributed by atoms with E-state index in [0.717, 1.165) is 22.0 Å². The summed E-state index contributed by atoms with van der Waals surface area (Å²) in [5.74, 6) is 0.188. The van der Waals surface area contributed by atoms with Crippen molar-refractivity contribution in [2.24, 2.45) is 0 Å². The van der Waals surface area contributed by atoms with Gasteiger partial charge in [0.05, 0.1) is 5.52 Å². The van der Waals surface area contributed by atoms with Crippen LogP contribution in [0.3, 0.4) is 0 Å². The maximum absolute atomic E-state index is 7.52. The Hall–Kier alpha value is -0.606. The van der Waals surface area contributed by atoms with Crippen LogP contribution in [-0.2, 0) is 32.7 Å². The molecule has 2 rings (SSSR count). The molecule has 5 heteroatoms. The molecule has 0 fully saturated rings. The zero-order valence-electron chi connectivity index (χ0n) is 8.07.